The number of nitrogens with one attached hydrogen (secondary N) is 1. The lowest BCUT2D eigenvalue weighted by Gasteiger charge is -2.33. The van der Waals surface area contributed by atoms with Crippen LogP contribution in [0.2, 0.25) is 5.02 Å². The van der Waals surface area contributed by atoms with Crippen molar-refractivity contribution in [2.75, 3.05) is 38.0 Å². The van der Waals surface area contributed by atoms with Crippen molar-refractivity contribution in [3.05, 3.63) is 71.4 Å². The van der Waals surface area contributed by atoms with Gasteiger partial charge in [-0.05, 0) is 24.3 Å². The molecule has 1 aliphatic rings. The van der Waals surface area contributed by atoms with E-state index in [0.29, 0.717) is 49.9 Å². The second kappa shape index (κ2) is 11.0. The van der Waals surface area contributed by atoms with Crippen LogP contribution in [0.25, 0.3) is 17.0 Å². The number of nitriles is 1. The number of carbonyl (C=O) groups is 2. The molecule has 0 bridgehead atoms. The number of para-hydroxylation sites is 2. The van der Waals surface area contributed by atoms with E-state index in [2.05, 4.69) is 16.0 Å². The van der Waals surface area contributed by atoms with Crippen molar-refractivity contribution in [3.63, 3.8) is 0 Å². The van der Waals surface area contributed by atoms with E-state index in [9.17, 15) is 9.59 Å². The zero-order valence-corrected chi connectivity index (χ0v) is 19.5. The summed E-state index contributed by atoms with van der Waals surface area (Å²) in [5, 5.41) is 13.3. The van der Waals surface area contributed by atoms with Crippen molar-refractivity contribution in [1.82, 2.24) is 14.4 Å². The Morgan fingerprint density at radius 1 is 1.06 bits per heavy atom. The van der Waals surface area contributed by atoms with Gasteiger partial charge in [0, 0.05) is 61.5 Å². The standard InChI is InChI=1S/C26H26ClN5O2/c27-22-7-2-3-8-23(22)29-25(33)19-30-14-16-31(17-15-30)26(34)11-10-20-18-32(13-5-12-28)24-9-4-1-6-21(20)24/h1-4,6-11,18H,5,13-17,19H2,(H,29,33)/b11-10+. The van der Waals surface area contributed by atoms with Gasteiger partial charge in [0.15, 0.2) is 0 Å². The number of hydrogen-bond donors (Lipinski definition) is 1. The van der Waals surface area contributed by atoms with Gasteiger partial charge in [0.05, 0.1) is 29.7 Å². The lowest BCUT2D eigenvalue weighted by atomic mass is 10.1. The maximum Gasteiger partial charge on any atom is 0.246 e. The van der Waals surface area contributed by atoms with Gasteiger partial charge in [0.2, 0.25) is 11.8 Å². The van der Waals surface area contributed by atoms with Gasteiger partial charge in [0.25, 0.3) is 0 Å². The minimum atomic E-state index is -0.124. The minimum absolute atomic E-state index is 0.0472. The van der Waals surface area contributed by atoms with E-state index in [4.69, 9.17) is 16.9 Å². The molecule has 0 atom stereocenters. The predicted molar refractivity (Wildman–Crippen MR) is 134 cm³/mol. The van der Waals surface area contributed by atoms with Gasteiger partial charge in [-0.15, -0.1) is 0 Å². The summed E-state index contributed by atoms with van der Waals surface area (Å²) < 4.78 is 2.05. The largest absolute Gasteiger partial charge is 0.346 e. The first-order valence-corrected chi connectivity index (χ1v) is 11.6. The third-order valence-electron chi connectivity index (χ3n) is 5.89. The fourth-order valence-corrected chi connectivity index (χ4v) is 4.29. The van der Waals surface area contributed by atoms with Crippen LogP contribution >= 0.6 is 11.6 Å². The normalized spacial score (nSPS) is 14.4. The van der Waals surface area contributed by atoms with Crippen molar-refractivity contribution < 1.29 is 9.59 Å². The fraction of sp³-hybridized carbons (Fsp3) is 0.269. The summed E-state index contributed by atoms with van der Waals surface area (Å²) >= 11 is 6.10. The number of nitrogens with zero attached hydrogens (tertiary/aromatic N) is 4. The lowest BCUT2D eigenvalue weighted by molar-refractivity contribution is -0.127. The summed E-state index contributed by atoms with van der Waals surface area (Å²) in [5.74, 6) is -0.172. The molecule has 0 spiro atoms. The number of amides is 2. The van der Waals surface area contributed by atoms with Gasteiger partial charge in [-0.1, -0.05) is 41.9 Å². The highest BCUT2D eigenvalue weighted by Crippen LogP contribution is 2.23. The molecular formula is C26H26ClN5O2. The molecule has 2 aromatic carbocycles. The number of piperazine rings is 1. The van der Waals surface area contributed by atoms with Crippen LogP contribution in [0.15, 0.2) is 60.8 Å². The van der Waals surface area contributed by atoms with E-state index >= 15 is 0 Å². The SMILES string of the molecule is N#CCCn1cc(/C=C/C(=O)N2CCN(CC(=O)Nc3ccccc3Cl)CC2)c2ccccc21. The third-order valence-corrected chi connectivity index (χ3v) is 6.22. The Morgan fingerprint density at radius 3 is 2.56 bits per heavy atom. The first kappa shape index (κ1) is 23.6. The maximum atomic E-state index is 12.8. The number of hydrogen-bond acceptors (Lipinski definition) is 4. The Balaban J connectivity index is 1.31. The molecule has 1 N–H and O–H groups in total. The number of fused-ring (bicyclic) bond motifs is 1. The van der Waals surface area contributed by atoms with Gasteiger partial charge in [-0.2, -0.15) is 5.26 Å². The molecule has 4 rings (SSSR count). The average molecular weight is 476 g/mol. The van der Waals surface area contributed by atoms with Crippen molar-refractivity contribution in [2.24, 2.45) is 0 Å². The third kappa shape index (κ3) is 5.66. The van der Waals surface area contributed by atoms with Gasteiger partial charge >= 0.3 is 0 Å². The smallest absolute Gasteiger partial charge is 0.246 e. The van der Waals surface area contributed by atoms with Crippen LogP contribution in [-0.4, -0.2) is 58.9 Å². The minimum Gasteiger partial charge on any atom is -0.346 e. The molecule has 1 saturated heterocycles. The van der Waals surface area contributed by atoms with Gasteiger partial charge < -0.3 is 14.8 Å². The molecule has 2 amide bonds. The Morgan fingerprint density at radius 2 is 1.79 bits per heavy atom. The van der Waals surface area contributed by atoms with Crippen LogP contribution in [0.5, 0.6) is 0 Å². The van der Waals surface area contributed by atoms with Gasteiger partial charge in [-0.25, -0.2) is 0 Å². The topological polar surface area (TPSA) is 81.4 Å². The zero-order chi connectivity index (χ0) is 23.9. The summed E-state index contributed by atoms with van der Waals surface area (Å²) in [4.78, 5) is 29.0. The number of carbonyl (C=O) groups excluding carboxylic acids is 2. The highest BCUT2D eigenvalue weighted by Gasteiger charge is 2.21. The highest BCUT2D eigenvalue weighted by molar-refractivity contribution is 6.33. The number of aromatic nitrogens is 1. The lowest BCUT2D eigenvalue weighted by Crippen LogP contribution is -2.50. The van der Waals surface area contributed by atoms with Gasteiger partial charge in [-0.3, -0.25) is 14.5 Å². The molecule has 2 heterocycles. The number of benzene rings is 2. The number of aryl methyl sites for hydroxylation is 1. The molecule has 3 aromatic rings. The number of rotatable bonds is 7. The Kier molecular flexibility index (Phi) is 7.63. The van der Waals surface area contributed by atoms with E-state index in [1.165, 1.54) is 0 Å². The number of anilines is 1. The van der Waals surface area contributed by atoms with Crippen molar-refractivity contribution in [2.45, 2.75) is 13.0 Å². The van der Waals surface area contributed by atoms with Crippen LogP contribution in [-0.2, 0) is 16.1 Å². The summed E-state index contributed by atoms with van der Waals surface area (Å²) in [6.07, 6.45) is 5.87. The fourth-order valence-electron chi connectivity index (χ4n) is 4.11. The molecule has 1 aliphatic heterocycles. The van der Waals surface area contributed by atoms with E-state index in [0.717, 1.165) is 16.5 Å². The highest BCUT2D eigenvalue weighted by atomic mass is 35.5. The molecule has 0 radical (unpaired) electrons. The predicted octanol–water partition coefficient (Wildman–Crippen LogP) is 4.00. The monoisotopic (exact) mass is 475 g/mol. The molecule has 174 valence electrons. The zero-order valence-electron chi connectivity index (χ0n) is 18.8. The molecule has 0 aliphatic carbocycles. The van der Waals surface area contributed by atoms with Crippen LogP contribution in [0.1, 0.15) is 12.0 Å². The van der Waals surface area contributed by atoms with E-state index in [-0.39, 0.29) is 18.4 Å². The maximum absolute atomic E-state index is 12.8. The molecule has 7 nitrogen and oxygen atoms in total. The summed E-state index contributed by atoms with van der Waals surface area (Å²) in [6, 6.07) is 17.3. The first-order valence-electron chi connectivity index (χ1n) is 11.2. The quantitative estimate of drug-likeness (QED) is 0.523. The summed E-state index contributed by atoms with van der Waals surface area (Å²) in [5.41, 5.74) is 2.60. The van der Waals surface area contributed by atoms with E-state index in [1.54, 1.807) is 23.1 Å². The Bertz CT molecular complexity index is 1250. The molecular weight excluding hydrogens is 450 g/mol. The van der Waals surface area contributed by atoms with Crippen LogP contribution in [0, 0.1) is 11.3 Å². The second-order valence-electron chi connectivity index (χ2n) is 8.17. The van der Waals surface area contributed by atoms with E-state index < -0.39 is 0 Å². The van der Waals surface area contributed by atoms with Crippen molar-refractivity contribution in [3.8, 4) is 6.07 Å². The molecule has 1 fully saturated rings. The van der Waals surface area contributed by atoms with Crippen LogP contribution in [0.3, 0.4) is 0 Å². The Labute approximate surface area is 203 Å². The van der Waals surface area contributed by atoms with Crippen molar-refractivity contribution >= 4 is 46.1 Å². The summed E-state index contributed by atoms with van der Waals surface area (Å²) in [7, 11) is 0. The summed E-state index contributed by atoms with van der Waals surface area (Å²) in [6.45, 7) is 3.25. The van der Waals surface area contributed by atoms with E-state index in [1.807, 2.05) is 53.6 Å². The second-order valence-corrected chi connectivity index (χ2v) is 8.57. The number of halogens is 1. The van der Waals surface area contributed by atoms with Crippen LogP contribution < -0.4 is 5.32 Å². The Hall–Kier alpha value is -3.60. The van der Waals surface area contributed by atoms with Gasteiger partial charge in [0.1, 0.15) is 0 Å². The molecule has 34 heavy (non-hydrogen) atoms. The van der Waals surface area contributed by atoms with Crippen molar-refractivity contribution in [1.29, 1.82) is 5.26 Å². The average Bonchev–Trinajstić information content (AvgIpc) is 3.21. The van der Waals surface area contributed by atoms with Crippen LogP contribution in [0.4, 0.5) is 5.69 Å². The molecule has 1 aromatic heterocycles. The molecule has 0 unspecified atom stereocenters. The molecule has 8 heteroatoms. The first-order chi connectivity index (χ1) is 16.5. The molecule has 0 saturated carbocycles.